The van der Waals surface area contributed by atoms with Gasteiger partial charge in [-0.15, -0.1) is 0 Å². The number of imidazole rings is 1. The van der Waals surface area contributed by atoms with Crippen LogP contribution in [0.2, 0.25) is 0 Å². The van der Waals surface area contributed by atoms with Crippen LogP contribution in [0, 0.1) is 23.4 Å². The lowest BCUT2D eigenvalue weighted by Gasteiger charge is -2.31. The number of hydrogen-bond acceptors (Lipinski definition) is 7. The topological polar surface area (TPSA) is 114 Å². The molecule has 2 unspecified atom stereocenters. The van der Waals surface area contributed by atoms with Gasteiger partial charge in [0, 0.05) is 31.4 Å². The number of fused-ring (bicyclic) bond motifs is 1. The van der Waals surface area contributed by atoms with E-state index in [2.05, 4.69) is 25.6 Å². The minimum Gasteiger partial charge on any atom is -0.481 e. The second-order valence-electron chi connectivity index (χ2n) is 8.90. The van der Waals surface area contributed by atoms with E-state index >= 15 is 0 Å². The quantitative estimate of drug-likeness (QED) is 0.466. The zero-order chi connectivity index (χ0) is 24.5. The van der Waals surface area contributed by atoms with E-state index in [1.165, 1.54) is 6.20 Å². The minimum atomic E-state index is -1.13. The number of aromatic nitrogens is 4. The van der Waals surface area contributed by atoms with E-state index in [1.807, 2.05) is 0 Å². The van der Waals surface area contributed by atoms with Crippen LogP contribution in [0.5, 0.6) is 0 Å². The smallest absolute Gasteiger partial charge is 0.308 e. The number of aliphatic carboxylic acids is 1. The Hall–Kier alpha value is -3.41. The van der Waals surface area contributed by atoms with Crippen molar-refractivity contribution in [3.8, 4) is 0 Å². The fourth-order valence-electron chi connectivity index (χ4n) is 4.87. The first-order valence-corrected chi connectivity index (χ1v) is 11.6. The number of carboxylic acid groups (broad SMARTS) is 1. The van der Waals surface area contributed by atoms with Gasteiger partial charge < -0.3 is 20.5 Å². The van der Waals surface area contributed by atoms with Gasteiger partial charge >= 0.3 is 5.97 Å². The molecule has 0 bridgehead atoms. The molecule has 2 aliphatic rings. The second-order valence-corrected chi connectivity index (χ2v) is 8.90. The van der Waals surface area contributed by atoms with Crippen molar-refractivity contribution in [3.05, 3.63) is 35.8 Å². The summed E-state index contributed by atoms with van der Waals surface area (Å²) in [5, 5.41) is 15.8. The summed E-state index contributed by atoms with van der Waals surface area (Å²) in [5.74, 6) is -4.64. The highest BCUT2D eigenvalue weighted by Gasteiger charge is 2.35. The minimum absolute atomic E-state index is 0.0140. The van der Waals surface area contributed by atoms with Crippen molar-refractivity contribution in [2.24, 2.45) is 5.92 Å². The third kappa shape index (κ3) is 4.75. The van der Waals surface area contributed by atoms with Gasteiger partial charge in [0.1, 0.15) is 17.0 Å². The maximum absolute atomic E-state index is 14.4. The number of nitrogens with one attached hydrogen (secondary N) is 2. The standard InChI is InChI=1S/C23H25F3N6O3/c24-12-9-15(25)19(16(26)10-12)30-23-29-17-11-27-22(28-13-5-7-35-8-6-13)31-20(17)32(23)18-4-2-1-3-14(18)21(33)34/h9-11,13-14,18H,1-8H2,(H,29,30)(H,33,34)(H,27,28,31). The van der Waals surface area contributed by atoms with Gasteiger partial charge in [-0.05, 0) is 25.7 Å². The first-order valence-electron chi connectivity index (χ1n) is 11.6. The number of anilines is 3. The van der Waals surface area contributed by atoms with Gasteiger partial charge in [0.05, 0.1) is 18.2 Å². The molecule has 9 nitrogen and oxygen atoms in total. The largest absolute Gasteiger partial charge is 0.481 e. The molecule has 35 heavy (non-hydrogen) atoms. The van der Waals surface area contributed by atoms with E-state index in [0.717, 1.165) is 25.7 Å². The fourth-order valence-corrected chi connectivity index (χ4v) is 4.87. The average molecular weight is 490 g/mol. The lowest BCUT2D eigenvalue weighted by atomic mass is 9.84. The van der Waals surface area contributed by atoms with E-state index in [4.69, 9.17) is 4.74 Å². The predicted octanol–water partition coefficient (Wildman–Crippen LogP) is 4.39. The van der Waals surface area contributed by atoms with Crippen molar-refractivity contribution < 1.29 is 27.8 Å². The summed E-state index contributed by atoms with van der Waals surface area (Å²) in [5.41, 5.74) is 0.0972. The number of nitrogens with zero attached hydrogens (tertiary/aromatic N) is 4. The molecule has 0 spiro atoms. The van der Waals surface area contributed by atoms with Crippen LogP contribution >= 0.6 is 0 Å². The Morgan fingerprint density at radius 3 is 2.49 bits per heavy atom. The van der Waals surface area contributed by atoms with Crippen molar-refractivity contribution in [1.29, 1.82) is 0 Å². The van der Waals surface area contributed by atoms with E-state index in [-0.39, 0.29) is 12.0 Å². The van der Waals surface area contributed by atoms with Crippen LogP contribution in [0.4, 0.5) is 30.8 Å². The number of hydrogen-bond donors (Lipinski definition) is 3. The fraction of sp³-hybridized carbons (Fsp3) is 0.478. The van der Waals surface area contributed by atoms with Gasteiger partial charge in [-0.25, -0.2) is 23.1 Å². The number of rotatable bonds is 6. The zero-order valence-electron chi connectivity index (χ0n) is 18.8. The van der Waals surface area contributed by atoms with E-state index < -0.39 is 41.1 Å². The van der Waals surface area contributed by atoms with E-state index in [9.17, 15) is 23.1 Å². The Balaban J connectivity index is 1.60. The third-order valence-electron chi connectivity index (χ3n) is 6.61. The molecule has 1 aromatic carbocycles. The highest BCUT2D eigenvalue weighted by atomic mass is 19.1. The van der Waals surface area contributed by atoms with Crippen molar-refractivity contribution in [2.75, 3.05) is 23.8 Å². The number of carbonyl (C=O) groups is 1. The molecule has 5 rings (SSSR count). The number of halogens is 3. The molecule has 186 valence electrons. The Morgan fingerprint density at radius 2 is 1.77 bits per heavy atom. The monoisotopic (exact) mass is 490 g/mol. The predicted molar refractivity (Wildman–Crippen MR) is 121 cm³/mol. The first kappa shape index (κ1) is 23.3. The summed E-state index contributed by atoms with van der Waals surface area (Å²) in [6, 6.07) is 0.703. The van der Waals surface area contributed by atoms with Gasteiger partial charge in [0.15, 0.2) is 17.3 Å². The van der Waals surface area contributed by atoms with Crippen molar-refractivity contribution in [2.45, 2.75) is 50.6 Å². The molecular weight excluding hydrogens is 465 g/mol. The summed E-state index contributed by atoms with van der Waals surface area (Å²) in [7, 11) is 0. The Labute approximate surface area is 198 Å². The van der Waals surface area contributed by atoms with Crippen LogP contribution in [-0.4, -0.2) is 49.9 Å². The summed E-state index contributed by atoms with van der Waals surface area (Å²) in [6.07, 6.45) is 5.60. The molecule has 0 amide bonds. The van der Waals surface area contributed by atoms with Crippen LogP contribution in [-0.2, 0) is 9.53 Å². The highest BCUT2D eigenvalue weighted by molar-refractivity contribution is 5.78. The molecule has 2 atom stereocenters. The van der Waals surface area contributed by atoms with Gasteiger partial charge in [0.25, 0.3) is 0 Å². The first-order chi connectivity index (χ1) is 16.9. The van der Waals surface area contributed by atoms with Crippen LogP contribution in [0.3, 0.4) is 0 Å². The molecule has 2 fully saturated rings. The third-order valence-corrected chi connectivity index (χ3v) is 6.61. The maximum Gasteiger partial charge on any atom is 0.308 e. The van der Waals surface area contributed by atoms with Crippen LogP contribution in [0.1, 0.15) is 44.6 Å². The Morgan fingerprint density at radius 1 is 1.06 bits per heavy atom. The Bertz CT molecular complexity index is 1220. The number of ether oxygens (including phenoxy) is 1. The highest BCUT2D eigenvalue weighted by Crippen LogP contribution is 2.39. The molecule has 0 radical (unpaired) electrons. The number of carboxylic acids is 1. The molecule has 12 heteroatoms. The van der Waals surface area contributed by atoms with Crippen molar-refractivity contribution in [1.82, 2.24) is 19.5 Å². The van der Waals surface area contributed by atoms with Crippen LogP contribution in [0.15, 0.2) is 18.3 Å². The van der Waals surface area contributed by atoms with Gasteiger partial charge in [-0.3, -0.25) is 9.36 Å². The molecule has 3 N–H and O–H groups in total. The lowest BCUT2D eigenvalue weighted by molar-refractivity contribution is -0.144. The second kappa shape index (κ2) is 9.68. The Kier molecular flexibility index (Phi) is 6.46. The van der Waals surface area contributed by atoms with Crippen LogP contribution < -0.4 is 10.6 Å². The molecule has 1 aliphatic heterocycles. The average Bonchev–Trinajstić information content (AvgIpc) is 3.19. The summed E-state index contributed by atoms with van der Waals surface area (Å²) >= 11 is 0. The van der Waals surface area contributed by atoms with Gasteiger partial charge in [-0.2, -0.15) is 4.98 Å². The van der Waals surface area contributed by atoms with Crippen molar-refractivity contribution >= 4 is 34.7 Å². The van der Waals surface area contributed by atoms with Crippen LogP contribution in [0.25, 0.3) is 11.2 Å². The summed E-state index contributed by atoms with van der Waals surface area (Å²) in [4.78, 5) is 25.4. The van der Waals surface area contributed by atoms with E-state index in [1.54, 1.807) is 4.57 Å². The molecule has 2 aromatic heterocycles. The lowest BCUT2D eigenvalue weighted by Crippen LogP contribution is -2.30. The SMILES string of the molecule is O=C(O)C1CCCCC1n1c(Nc2c(F)cc(F)cc2F)nc2cnc(NC3CCOCC3)nc21. The summed E-state index contributed by atoms with van der Waals surface area (Å²) in [6.45, 7) is 1.26. The van der Waals surface area contributed by atoms with Gasteiger partial charge in [-0.1, -0.05) is 12.8 Å². The summed E-state index contributed by atoms with van der Waals surface area (Å²) < 4.78 is 49.3. The van der Waals surface area contributed by atoms with Crippen molar-refractivity contribution in [3.63, 3.8) is 0 Å². The van der Waals surface area contributed by atoms with Gasteiger partial charge in [0.2, 0.25) is 11.9 Å². The molecule has 1 saturated heterocycles. The molecule has 3 heterocycles. The molecule has 1 saturated carbocycles. The number of benzene rings is 1. The molecular formula is C23H25F3N6O3. The zero-order valence-corrected chi connectivity index (χ0v) is 18.8. The maximum atomic E-state index is 14.4. The molecule has 1 aliphatic carbocycles. The molecule has 3 aromatic rings. The van der Waals surface area contributed by atoms with E-state index in [0.29, 0.717) is 55.3 Å². The normalized spacial score (nSPS) is 21.2.